The Labute approximate surface area is 540 Å². The first-order valence-corrected chi connectivity index (χ1v) is 43.7. The van der Waals surface area contributed by atoms with Crippen LogP contribution in [-0.4, -0.2) is 60.0 Å². The van der Waals surface area contributed by atoms with Crippen molar-refractivity contribution < 1.29 is 9.47 Å². The highest BCUT2D eigenvalue weighted by atomic mass is 31.2. The van der Waals surface area contributed by atoms with Crippen molar-refractivity contribution in [1.29, 1.82) is 0 Å². The van der Waals surface area contributed by atoms with E-state index in [0.29, 0.717) is 17.1 Å². The van der Waals surface area contributed by atoms with Gasteiger partial charge in [-0.05, 0) is 210 Å². The van der Waals surface area contributed by atoms with E-state index >= 15 is 0 Å². The normalized spacial score (nSPS) is 24.3. The molecular weight excluding hydrogens is 1170 g/mol. The summed E-state index contributed by atoms with van der Waals surface area (Å²) in [5.74, 6) is 11.1. The minimum absolute atomic E-state index is 0.0692. The fraction of sp³-hybridized carbons (Fsp3) is 0.544. The fourth-order valence-corrected chi connectivity index (χ4v) is 37.4. The second-order valence-corrected chi connectivity index (χ2v) is 45.7. The van der Waals surface area contributed by atoms with Crippen LogP contribution in [0.2, 0.25) is 0 Å². The van der Waals surface area contributed by atoms with Crippen LogP contribution in [0.5, 0.6) is 11.5 Å². The molecule has 2 nitrogen and oxygen atoms in total. The summed E-state index contributed by atoms with van der Waals surface area (Å²) in [4.78, 5) is 0. The van der Waals surface area contributed by atoms with Crippen LogP contribution in [-0.2, 0) is 0 Å². The second-order valence-electron chi connectivity index (χ2n) is 29.7. The quantitative estimate of drug-likeness (QED) is 0.0899. The van der Waals surface area contributed by atoms with Gasteiger partial charge in [0.05, 0.1) is 0 Å². The molecule has 0 spiro atoms. The molecule has 4 aliphatic rings. The predicted octanol–water partition coefficient (Wildman–Crippen LogP) is 20.6. The summed E-state index contributed by atoms with van der Waals surface area (Å²) in [5.41, 5.74) is 2.61. The highest BCUT2D eigenvalue weighted by Crippen LogP contribution is 2.67. The summed E-state index contributed by atoms with van der Waals surface area (Å²) in [6, 6.07) is 58.4. The second kappa shape index (κ2) is 32.4. The van der Waals surface area contributed by atoms with Crippen LogP contribution in [0.4, 0.5) is 0 Å². The minimum Gasteiger partial charge on any atom is -0.454 e. The first-order chi connectivity index (χ1) is 41.4. The van der Waals surface area contributed by atoms with Crippen molar-refractivity contribution in [1.82, 2.24) is 0 Å². The van der Waals surface area contributed by atoms with Crippen molar-refractivity contribution in [3.05, 3.63) is 158 Å². The Morgan fingerprint density at radius 3 is 1.16 bits per heavy atom. The standard InChI is InChI=1S/C30H36O2P2.C29H36P2.C20H42P2/c1-21(2)25-16-15-22(3)19-28(25)33(4)27-18-17-26-29(32-20-31-26)30(27)34(23-11-7-5-8-12-23)24-13-9-6-10-14-24;1-22(2)26-20-19-23(3)21-29(26)30(4)27-17-11-12-18-28(27)31(24-13-7-5-8-14-24)25-15-9-6-10-16-25;1-15(2)17-12-11-16(3)13-18(17)21(10)14-22(19(4,5)6)20(7,8)9/h5-14,17-18,21-22,25,28H,15-16,19-20H2,1-4H3;5-18,22-23,26,29H,19-21H2,1-4H3;15-18H,11-14H2,1-10H3/t22-,25+,28-,33?;23-,26+,29-,30?;16-,17?,18-,21?/m111/s1. The molecule has 12 atom stereocenters. The van der Waals surface area contributed by atoms with E-state index in [-0.39, 0.29) is 31.7 Å². The highest BCUT2D eigenvalue weighted by molar-refractivity contribution is 7.82. The van der Waals surface area contributed by atoms with Gasteiger partial charge in [0.2, 0.25) is 6.79 Å². The molecule has 10 rings (SSSR count). The third kappa shape index (κ3) is 18.2. The third-order valence-corrected chi connectivity index (χ3v) is 38.9. The lowest BCUT2D eigenvalue weighted by Crippen LogP contribution is -2.37. The average Bonchev–Trinajstić information content (AvgIpc) is 1.95. The number of hydrogen-bond acceptors (Lipinski definition) is 2. The Morgan fingerprint density at radius 1 is 0.402 bits per heavy atom. The Kier molecular flexibility index (Phi) is 26.2. The predicted molar refractivity (Wildman–Crippen MR) is 401 cm³/mol. The molecule has 6 aromatic carbocycles. The van der Waals surface area contributed by atoms with Gasteiger partial charge in [-0.25, -0.2) is 0 Å². The molecule has 4 unspecified atom stereocenters. The Bertz CT molecular complexity index is 2900. The van der Waals surface area contributed by atoms with Gasteiger partial charge < -0.3 is 9.47 Å². The Balaban J connectivity index is 0.000000174. The highest BCUT2D eigenvalue weighted by Gasteiger charge is 2.42. The smallest absolute Gasteiger partial charge is 0.231 e. The molecule has 6 aromatic rings. The van der Waals surface area contributed by atoms with E-state index in [0.717, 1.165) is 81.7 Å². The van der Waals surface area contributed by atoms with E-state index in [1.165, 1.54) is 95.5 Å². The molecule has 3 saturated carbocycles. The van der Waals surface area contributed by atoms with E-state index in [9.17, 15) is 0 Å². The number of benzene rings is 6. The van der Waals surface area contributed by atoms with Crippen molar-refractivity contribution in [3.63, 3.8) is 0 Å². The molecule has 8 heteroatoms. The molecule has 0 aromatic heterocycles. The number of hydrogen-bond donors (Lipinski definition) is 0. The van der Waals surface area contributed by atoms with Gasteiger partial charge in [-0.2, -0.15) is 0 Å². The van der Waals surface area contributed by atoms with Gasteiger partial charge in [-0.1, -0.05) is 292 Å². The Hall–Kier alpha value is -2.50. The van der Waals surface area contributed by atoms with Crippen LogP contribution in [0.25, 0.3) is 0 Å². The number of rotatable bonds is 16. The van der Waals surface area contributed by atoms with Crippen molar-refractivity contribution in [2.45, 2.75) is 189 Å². The molecule has 0 radical (unpaired) electrons. The maximum absolute atomic E-state index is 6.23. The summed E-state index contributed by atoms with van der Waals surface area (Å²) in [5, 5.41) is 12.7. The van der Waals surface area contributed by atoms with E-state index in [1.54, 1.807) is 10.6 Å². The summed E-state index contributed by atoms with van der Waals surface area (Å²) >= 11 is 0. The summed E-state index contributed by atoms with van der Waals surface area (Å²) < 4.78 is 12.1. The van der Waals surface area contributed by atoms with Gasteiger partial charge in [0.15, 0.2) is 11.5 Å². The zero-order valence-corrected chi connectivity index (χ0v) is 62.6. The molecule has 0 bridgehead atoms. The molecular formula is C79H114O2P6. The summed E-state index contributed by atoms with van der Waals surface area (Å²) in [6.45, 7) is 45.1. The maximum atomic E-state index is 6.23. The van der Waals surface area contributed by atoms with Gasteiger partial charge in [0.25, 0.3) is 0 Å². The van der Waals surface area contributed by atoms with E-state index < -0.39 is 15.8 Å². The molecule has 3 aliphatic carbocycles. The van der Waals surface area contributed by atoms with E-state index in [1.807, 2.05) is 0 Å². The SMILES string of the molecule is CC(C)C1CC[C@@H](C)C[C@H]1P(C)CP(C(C)(C)C)C(C)(C)C.CC(C)[C@@H]1CC[C@@H](C)C[C@H]1P(C)c1ccc2c(c1P(c1ccccc1)c1ccccc1)OCO2.CC(C)[C@@H]1CC[C@@H](C)C[C@H]1P(C)c1ccccc1P(c1ccccc1)c1ccccc1. The molecule has 1 aliphatic heterocycles. The first-order valence-electron chi connectivity index (χ1n) is 33.7. The Morgan fingerprint density at radius 2 is 0.759 bits per heavy atom. The minimum atomic E-state index is -0.753. The third-order valence-electron chi connectivity index (χ3n) is 20.2. The summed E-state index contributed by atoms with van der Waals surface area (Å²) in [6.07, 6.45) is 12.7. The largest absolute Gasteiger partial charge is 0.454 e. The van der Waals surface area contributed by atoms with Crippen LogP contribution in [0, 0.1) is 53.3 Å². The lowest BCUT2D eigenvalue weighted by atomic mass is 9.77. The monoisotopic (exact) mass is 1280 g/mol. The molecule has 3 fully saturated rings. The summed E-state index contributed by atoms with van der Waals surface area (Å²) in [7, 11) is -1.63. The maximum Gasteiger partial charge on any atom is 0.231 e. The van der Waals surface area contributed by atoms with Crippen LogP contribution < -0.4 is 51.9 Å². The lowest BCUT2D eigenvalue weighted by Gasteiger charge is -2.47. The molecule has 1 heterocycles. The van der Waals surface area contributed by atoms with Crippen LogP contribution in [0.1, 0.15) is 162 Å². The molecule has 472 valence electrons. The topological polar surface area (TPSA) is 18.5 Å². The van der Waals surface area contributed by atoms with Gasteiger partial charge in [0, 0.05) is 5.30 Å². The fourth-order valence-electron chi connectivity index (χ4n) is 15.5. The average molecular weight is 1280 g/mol. The van der Waals surface area contributed by atoms with Crippen molar-refractivity contribution in [2.75, 3.05) is 32.7 Å². The number of fused-ring (bicyclic) bond motifs is 1. The zero-order valence-electron chi connectivity index (χ0n) is 57.2. The molecule has 0 saturated heterocycles. The molecule has 0 N–H and O–H groups in total. The molecule has 87 heavy (non-hydrogen) atoms. The van der Waals surface area contributed by atoms with E-state index in [2.05, 4.69) is 282 Å². The van der Waals surface area contributed by atoms with Crippen molar-refractivity contribution >= 4 is 90.0 Å². The van der Waals surface area contributed by atoms with Gasteiger partial charge >= 0.3 is 0 Å². The van der Waals surface area contributed by atoms with Crippen LogP contribution >= 0.6 is 47.5 Å². The van der Waals surface area contributed by atoms with Gasteiger partial charge in [0.1, 0.15) is 0 Å². The number of ether oxygens (including phenoxy) is 2. The molecule has 0 amide bonds. The van der Waals surface area contributed by atoms with Crippen molar-refractivity contribution in [2.24, 2.45) is 53.3 Å². The zero-order chi connectivity index (χ0) is 62.7. The van der Waals surface area contributed by atoms with Crippen LogP contribution in [0.15, 0.2) is 158 Å². The first kappa shape index (κ1) is 70.4. The van der Waals surface area contributed by atoms with Crippen LogP contribution in [0.3, 0.4) is 0 Å². The van der Waals surface area contributed by atoms with Crippen molar-refractivity contribution in [3.8, 4) is 11.5 Å². The lowest BCUT2D eigenvalue weighted by molar-refractivity contribution is 0.174. The van der Waals surface area contributed by atoms with Gasteiger partial charge in [-0.15, -0.1) is 7.92 Å². The van der Waals surface area contributed by atoms with Gasteiger partial charge in [-0.3, -0.25) is 0 Å². The van der Waals surface area contributed by atoms with E-state index in [4.69, 9.17) is 9.47 Å².